The van der Waals surface area contributed by atoms with E-state index in [1.807, 2.05) is 43.3 Å². The van der Waals surface area contributed by atoms with Crippen LogP contribution in [0.4, 0.5) is 5.69 Å². The van der Waals surface area contributed by atoms with Crippen molar-refractivity contribution in [2.45, 2.75) is 27.2 Å². The second-order valence-electron chi connectivity index (χ2n) is 5.36. The molecule has 0 atom stereocenters. The summed E-state index contributed by atoms with van der Waals surface area (Å²) in [6, 6.07) is 13.3. The van der Waals surface area contributed by atoms with Crippen molar-refractivity contribution >= 4 is 17.4 Å². The molecule has 0 bridgehead atoms. The standard InChI is InChI=1S/C19H22N2O2/c1-5-15-7-6-8-16(11-15)19(22)21-14(3)20-18-12-17(23-4)10-9-13(18)2/h6-12H,5H2,1-4H3,(H,20,21,22). The minimum Gasteiger partial charge on any atom is -0.497 e. The molecule has 0 aliphatic rings. The van der Waals surface area contributed by atoms with Gasteiger partial charge in [-0.15, -0.1) is 0 Å². The van der Waals surface area contributed by atoms with Crippen molar-refractivity contribution in [2.75, 3.05) is 7.11 Å². The first-order valence-electron chi connectivity index (χ1n) is 7.63. The predicted octanol–water partition coefficient (Wildman–Crippen LogP) is 4.05. The topological polar surface area (TPSA) is 50.7 Å². The molecule has 0 saturated heterocycles. The van der Waals surface area contributed by atoms with Crippen LogP contribution >= 0.6 is 0 Å². The van der Waals surface area contributed by atoms with E-state index in [1.54, 1.807) is 20.1 Å². The number of benzene rings is 2. The van der Waals surface area contributed by atoms with Crippen LogP contribution in [0.2, 0.25) is 0 Å². The number of amides is 1. The maximum atomic E-state index is 12.3. The molecule has 23 heavy (non-hydrogen) atoms. The summed E-state index contributed by atoms with van der Waals surface area (Å²) in [5.41, 5.74) is 3.58. The summed E-state index contributed by atoms with van der Waals surface area (Å²) in [7, 11) is 1.62. The van der Waals surface area contributed by atoms with Gasteiger partial charge in [-0.05, 0) is 49.6 Å². The van der Waals surface area contributed by atoms with Crippen LogP contribution in [0.3, 0.4) is 0 Å². The van der Waals surface area contributed by atoms with Crippen LogP contribution in [-0.2, 0) is 6.42 Å². The molecule has 0 unspecified atom stereocenters. The average Bonchev–Trinajstić information content (AvgIpc) is 2.56. The third-order valence-corrected chi connectivity index (χ3v) is 3.60. The molecule has 2 rings (SSSR count). The molecule has 120 valence electrons. The third-order valence-electron chi connectivity index (χ3n) is 3.60. The van der Waals surface area contributed by atoms with E-state index in [-0.39, 0.29) is 5.91 Å². The molecule has 2 aromatic rings. The molecular weight excluding hydrogens is 288 g/mol. The minimum absolute atomic E-state index is 0.151. The molecule has 0 fully saturated rings. The van der Waals surface area contributed by atoms with Crippen LogP contribution in [0.25, 0.3) is 0 Å². The van der Waals surface area contributed by atoms with Gasteiger partial charge in [-0.3, -0.25) is 4.79 Å². The predicted molar refractivity (Wildman–Crippen MR) is 93.8 cm³/mol. The molecule has 1 N–H and O–H groups in total. The Hall–Kier alpha value is -2.62. The largest absolute Gasteiger partial charge is 0.497 e. The molecule has 0 aliphatic carbocycles. The molecule has 4 nitrogen and oxygen atoms in total. The lowest BCUT2D eigenvalue weighted by Gasteiger charge is -2.08. The first-order chi connectivity index (χ1) is 11.0. The summed E-state index contributed by atoms with van der Waals surface area (Å²) < 4.78 is 5.21. The number of ether oxygens (including phenoxy) is 1. The van der Waals surface area contributed by atoms with Gasteiger partial charge in [0, 0.05) is 11.6 Å². The molecule has 0 aliphatic heterocycles. The van der Waals surface area contributed by atoms with E-state index in [4.69, 9.17) is 4.74 Å². The van der Waals surface area contributed by atoms with Gasteiger partial charge < -0.3 is 10.1 Å². The Kier molecular flexibility index (Phi) is 5.52. The van der Waals surface area contributed by atoms with Crippen LogP contribution in [0.5, 0.6) is 5.75 Å². The van der Waals surface area contributed by atoms with Gasteiger partial charge in [0.05, 0.1) is 12.8 Å². The van der Waals surface area contributed by atoms with Crippen molar-refractivity contribution in [2.24, 2.45) is 4.99 Å². The number of carbonyl (C=O) groups excluding carboxylic acids is 1. The number of amidine groups is 1. The molecule has 0 aromatic heterocycles. The highest BCUT2D eigenvalue weighted by molar-refractivity contribution is 6.06. The number of aryl methyl sites for hydroxylation is 2. The number of methoxy groups -OCH3 is 1. The number of hydrogen-bond acceptors (Lipinski definition) is 3. The molecule has 1 amide bonds. The molecular formula is C19H22N2O2. The molecule has 2 aromatic carbocycles. The number of nitrogens with zero attached hydrogens (tertiary/aromatic N) is 1. The highest BCUT2D eigenvalue weighted by Crippen LogP contribution is 2.24. The van der Waals surface area contributed by atoms with E-state index < -0.39 is 0 Å². The SMILES string of the molecule is CCc1cccc(C(=O)N/C(C)=N/c2cc(OC)ccc2C)c1. The van der Waals surface area contributed by atoms with Crippen LogP contribution < -0.4 is 10.1 Å². The molecule has 0 spiro atoms. The van der Waals surface area contributed by atoms with Crippen LogP contribution in [0.1, 0.15) is 35.3 Å². The van der Waals surface area contributed by atoms with E-state index in [0.29, 0.717) is 11.4 Å². The Morgan fingerprint density at radius 3 is 2.70 bits per heavy atom. The van der Waals surface area contributed by atoms with Crippen molar-refractivity contribution in [3.63, 3.8) is 0 Å². The lowest BCUT2D eigenvalue weighted by Crippen LogP contribution is -2.28. The first-order valence-corrected chi connectivity index (χ1v) is 7.63. The number of carbonyl (C=O) groups is 1. The number of nitrogens with one attached hydrogen (secondary N) is 1. The third kappa shape index (κ3) is 4.42. The number of hydrogen-bond donors (Lipinski definition) is 1. The van der Waals surface area contributed by atoms with Gasteiger partial charge in [0.15, 0.2) is 0 Å². The van der Waals surface area contributed by atoms with Crippen LogP contribution in [0, 0.1) is 6.92 Å². The van der Waals surface area contributed by atoms with Crippen molar-refractivity contribution in [1.82, 2.24) is 5.32 Å². The van der Waals surface area contributed by atoms with E-state index in [9.17, 15) is 4.79 Å². The minimum atomic E-state index is -0.151. The zero-order chi connectivity index (χ0) is 16.8. The van der Waals surface area contributed by atoms with Crippen LogP contribution in [-0.4, -0.2) is 18.9 Å². The Labute approximate surface area is 137 Å². The fraction of sp³-hybridized carbons (Fsp3) is 0.263. The summed E-state index contributed by atoms with van der Waals surface area (Å²) in [5, 5.41) is 2.83. The Bertz CT molecular complexity index is 736. The Morgan fingerprint density at radius 1 is 1.22 bits per heavy atom. The highest BCUT2D eigenvalue weighted by atomic mass is 16.5. The van der Waals surface area contributed by atoms with Crippen LogP contribution in [0.15, 0.2) is 47.5 Å². The van der Waals surface area contributed by atoms with E-state index in [1.165, 1.54) is 0 Å². The normalized spacial score (nSPS) is 11.2. The van der Waals surface area contributed by atoms with Gasteiger partial charge in [0.2, 0.25) is 0 Å². The zero-order valence-corrected chi connectivity index (χ0v) is 14.0. The van der Waals surface area contributed by atoms with Crippen molar-refractivity contribution in [1.29, 1.82) is 0 Å². The summed E-state index contributed by atoms with van der Waals surface area (Å²) in [6.45, 7) is 5.81. The lowest BCUT2D eigenvalue weighted by molar-refractivity contribution is 0.0977. The second-order valence-corrected chi connectivity index (χ2v) is 5.36. The fourth-order valence-electron chi connectivity index (χ4n) is 2.21. The fourth-order valence-corrected chi connectivity index (χ4v) is 2.21. The molecule has 0 heterocycles. The van der Waals surface area contributed by atoms with Gasteiger partial charge in [0.25, 0.3) is 5.91 Å². The smallest absolute Gasteiger partial charge is 0.256 e. The van der Waals surface area contributed by atoms with E-state index in [2.05, 4.69) is 17.2 Å². The number of aliphatic imine (C=N–C) groups is 1. The average molecular weight is 310 g/mol. The monoisotopic (exact) mass is 310 g/mol. The van der Waals surface area contributed by atoms with Gasteiger partial charge in [0.1, 0.15) is 11.6 Å². The Morgan fingerprint density at radius 2 is 2.00 bits per heavy atom. The highest BCUT2D eigenvalue weighted by Gasteiger charge is 2.07. The lowest BCUT2D eigenvalue weighted by atomic mass is 10.1. The summed E-state index contributed by atoms with van der Waals surface area (Å²) in [6.07, 6.45) is 0.900. The van der Waals surface area contributed by atoms with Gasteiger partial charge in [-0.25, -0.2) is 4.99 Å². The zero-order valence-electron chi connectivity index (χ0n) is 14.0. The van der Waals surface area contributed by atoms with Crippen molar-refractivity contribution in [3.8, 4) is 5.75 Å². The van der Waals surface area contributed by atoms with Crippen molar-refractivity contribution < 1.29 is 9.53 Å². The van der Waals surface area contributed by atoms with Gasteiger partial charge in [-0.2, -0.15) is 0 Å². The maximum Gasteiger partial charge on any atom is 0.256 e. The summed E-state index contributed by atoms with van der Waals surface area (Å²) in [4.78, 5) is 16.8. The van der Waals surface area contributed by atoms with Crippen molar-refractivity contribution in [3.05, 3.63) is 59.2 Å². The molecule has 0 radical (unpaired) electrons. The first kappa shape index (κ1) is 16.7. The van der Waals surface area contributed by atoms with E-state index in [0.717, 1.165) is 29.0 Å². The van der Waals surface area contributed by atoms with Gasteiger partial charge >= 0.3 is 0 Å². The Balaban J connectivity index is 2.17. The van der Waals surface area contributed by atoms with E-state index >= 15 is 0 Å². The summed E-state index contributed by atoms with van der Waals surface area (Å²) in [5.74, 6) is 1.14. The molecule has 0 saturated carbocycles. The van der Waals surface area contributed by atoms with Gasteiger partial charge in [-0.1, -0.05) is 25.1 Å². The number of rotatable bonds is 4. The summed E-state index contributed by atoms with van der Waals surface area (Å²) >= 11 is 0. The molecule has 4 heteroatoms. The second kappa shape index (κ2) is 7.58. The quantitative estimate of drug-likeness (QED) is 0.684. The maximum absolute atomic E-state index is 12.3.